The molecule has 0 amide bonds. The maximum Gasteiger partial charge on any atom is 0.159 e. The zero-order valence-corrected chi connectivity index (χ0v) is 11.0. The van der Waals surface area contributed by atoms with E-state index in [9.17, 15) is 9.90 Å². The van der Waals surface area contributed by atoms with Crippen LogP contribution in [0.5, 0.6) is 5.75 Å². The molecule has 1 aromatic carbocycles. The largest absolute Gasteiger partial charge is 0.508 e. The number of thioether (sulfide) groups is 1. The third kappa shape index (κ3) is 4.79. The summed E-state index contributed by atoms with van der Waals surface area (Å²) in [6, 6.07) is 5.00. The summed E-state index contributed by atoms with van der Waals surface area (Å²) in [5.74, 6) is 1.98. The van der Waals surface area contributed by atoms with Crippen LogP contribution in [0.3, 0.4) is 0 Å². The summed E-state index contributed by atoms with van der Waals surface area (Å²) >= 11 is 1.73. The van der Waals surface area contributed by atoms with Crippen molar-refractivity contribution >= 4 is 17.5 Å². The molecule has 0 spiro atoms. The predicted molar refractivity (Wildman–Crippen MR) is 70.8 cm³/mol. The monoisotopic (exact) mass is 254 g/mol. The summed E-state index contributed by atoms with van der Waals surface area (Å²) in [6.45, 7) is 2.29. The number of Topliss-reactive ketones (excluding diaryl/α,β-unsaturated/α-hetero) is 1. The van der Waals surface area contributed by atoms with Crippen LogP contribution in [0.4, 0.5) is 0 Å². The van der Waals surface area contributed by atoms with Crippen LogP contribution in [0.15, 0.2) is 18.2 Å². The van der Waals surface area contributed by atoms with Crippen LogP contribution < -0.4 is 0 Å². The Balaban J connectivity index is 2.51. The first kappa shape index (κ1) is 14.1. The molecule has 0 unspecified atom stereocenters. The van der Waals surface area contributed by atoms with Crippen LogP contribution in [0, 0.1) is 0 Å². The molecule has 0 aromatic heterocycles. The SMILES string of the molecule is COCCCSCc1cc(C(C)=O)ccc1O. The Labute approximate surface area is 106 Å². The van der Waals surface area contributed by atoms with E-state index in [-0.39, 0.29) is 11.5 Å². The van der Waals surface area contributed by atoms with Gasteiger partial charge in [-0.1, -0.05) is 0 Å². The van der Waals surface area contributed by atoms with E-state index < -0.39 is 0 Å². The molecular formula is C13H18O3S. The summed E-state index contributed by atoms with van der Waals surface area (Å²) < 4.78 is 4.96. The standard InChI is InChI=1S/C13H18O3S/c1-10(14)11-4-5-13(15)12(8-11)9-17-7-3-6-16-2/h4-5,8,15H,3,6-7,9H2,1-2H3. The molecule has 0 saturated carbocycles. The summed E-state index contributed by atoms with van der Waals surface area (Å²) in [6.07, 6.45) is 0.994. The van der Waals surface area contributed by atoms with Gasteiger partial charge in [0, 0.05) is 30.6 Å². The van der Waals surface area contributed by atoms with Gasteiger partial charge in [-0.05, 0) is 37.3 Å². The predicted octanol–water partition coefficient (Wildman–Crippen LogP) is 2.86. The van der Waals surface area contributed by atoms with Crippen LogP contribution in [0.1, 0.15) is 29.3 Å². The Hall–Kier alpha value is -1.00. The fourth-order valence-electron chi connectivity index (χ4n) is 1.41. The zero-order chi connectivity index (χ0) is 12.7. The van der Waals surface area contributed by atoms with Gasteiger partial charge < -0.3 is 9.84 Å². The molecule has 3 nitrogen and oxygen atoms in total. The Morgan fingerprint density at radius 2 is 2.24 bits per heavy atom. The van der Waals surface area contributed by atoms with Crippen molar-refractivity contribution in [3.8, 4) is 5.75 Å². The number of rotatable bonds is 7. The molecule has 1 aromatic rings. The quantitative estimate of drug-likeness (QED) is 0.600. The highest BCUT2D eigenvalue weighted by Gasteiger charge is 2.05. The first-order chi connectivity index (χ1) is 8.15. The molecule has 0 heterocycles. The second-order valence-electron chi connectivity index (χ2n) is 3.80. The van der Waals surface area contributed by atoms with E-state index in [4.69, 9.17) is 4.74 Å². The molecule has 0 aliphatic rings. The molecule has 0 aliphatic heterocycles. The van der Waals surface area contributed by atoms with E-state index in [1.807, 2.05) is 0 Å². The van der Waals surface area contributed by atoms with Gasteiger partial charge in [0.05, 0.1) is 0 Å². The lowest BCUT2D eigenvalue weighted by molar-refractivity contribution is 0.101. The minimum absolute atomic E-state index is 0.0237. The topological polar surface area (TPSA) is 46.5 Å². The molecule has 17 heavy (non-hydrogen) atoms. The second kappa shape index (κ2) is 7.35. The van der Waals surface area contributed by atoms with Gasteiger partial charge in [-0.2, -0.15) is 11.8 Å². The number of aromatic hydroxyl groups is 1. The van der Waals surface area contributed by atoms with Crippen molar-refractivity contribution in [1.29, 1.82) is 0 Å². The van der Waals surface area contributed by atoms with Gasteiger partial charge in [-0.3, -0.25) is 4.79 Å². The van der Waals surface area contributed by atoms with Gasteiger partial charge in [-0.15, -0.1) is 0 Å². The molecule has 0 radical (unpaired) electrons. The van der Waals surface area contributed by atoms with Crippen LogP contribution in [-0.2, 0) is 10.5 Å². The highest BCUT2D eigenvalue weighted by atomic mass is 32.2. The Kier molecular flexibility index (Phi) is 6.08. The van der Waals surface area contributed by atoms with Crippen LogP contribution in [0.2, 0.25) is 0 Å². The van der Waals surface area contributed by atoms with Gasteiger partial charge in [0.1, 0.15) is 5.75 Å². The number of carbonyl (C=O) groups excluding carboxylic acids is 1. The molecule has 1 N–H and O–H groups in total. The Morgan fingerprint density at radius 1 is 1.47 bits per heavy atom. The fraction of sp³-hybridized carbons (Fsp3) is 0.462. The lowest BCUT2D eigenvalue weighted by Crippen LogP contribution is -1.95. The fourth-order valence-corrected chi connectivity index (χ4v) is 2.33. The van der Waals surface area contributed by atoms with E-state index in [0.29, 0.717) is 5.56 Å². The van der Waals surface area contributed by atoms with E-state index in [1.165, 1.54) is 6.92 Å². The number of benzene rings is 1. The number of hydrogen-bond donors (Lipinski definition) is 1. The first-order valence-electron chi connectivity index (χ1n) is 5.54. The van der Waals surface area contributed by atoms with E-state index in [1.54, 1.807) is 37.1 Å². The molecular weight excluding hydrogens is 236 g/mol. The van der Waals surface area contributed by atoms with Crippen LogP contribution >= 0.6 is 11.8 Å². The minimum atomic E-state index is 0.0237. The van der Waals surface area contributed by atoms with Gasteiger partial charge in [0.15, 0.2) is 5.78 Å². The van der Waals surface area contributed by atoms with Gasteiger partial charge >= 0.3 is 0 Å². The molecule has 0 atom stereocenters. The highest BCUT2D eigenvalue weighted by molar-refractivity contribution is 7.98. The molecule has 94 valence electrons. The van der Waals surface area contributed by atoms with Crippen LogP contribution in [-0.4, -0.2) is 30.4 Å². The number of carbonyl (C=O) groups is 1. The molecule has 0 fully saturated rings. The Bertz CT molecular complexity index is 377. The number of phenolic OH excluding ortho intramolecular Hbond substituents is 1. The summed E-state index contributed by atoms with van der Waals surface area (Å²) in [5, 5.41) is 9.67. The van der Waals surface area contributed by atoms with Gasteiger partial charge in [0.2, 0.25) is 0 Å². The van der Waals surface area contributed by atoms with Crippen molar-refractivity contribution in [3.63, 3.8) is 0 Å². The Morgan fingerprint density at radius 3 is 2.88 bits per heavy atom. The number of ketones is 1. The van der Waals surface area contributed by atoms with E-state index in [2.05, 4.69) is 0 Å². The van der Waals surface area contributed by atoms with Crippen molar-refractivity contribution < 1.29 is 14.6 Å². The highest BCUT2D eigenvalue weighted by Crippen LogP contribution is 2.24. The third-order valence-corrected chi connectivity index (χ3v) is 3.47. The van der Waals surface area contributed by atoms with Crippen molar-refractivity contribution in [1.82, 2.24) is 0 Å². The van der Waals surface area contributed by atoms with E-state index >= 15 is 0 Å². The first-order valence-corrected chi connectivity index (χ1v) is 6.70. The second-order valence-corrected chi connectivity index (χ2v) is 4.90. The number of methoxy groups -OCH3 is 1. The van der Waals surface area contributed by atoms with Gasteiger partial charge in [-0.25, -0.2) is 0 Å². The summed E-state index contributed by atoms with van der Waals surface area (Å²) in [7, 11) is 1.69. The summed E-state index contributed by atoms with van der Waals surface area (Å²) in [4.78, 5) is 11.2. The van der Waals surface area contributed by atoms with Crippen LogP contribution in [0.25, 0.3) is 0 Å². The molecule has 0 aliphatic carbocycles. The number of hydrogen-bond acceptors (Lipinski definition) is 4. The number of ether oxygens (including phenoxy) is 1. The normalized spacial score (nSPS) is 10.5. The number of phenols is 1. The third-order valence-electron chi connectivity index (χ3n) is 2.38. The lowest BCUT2D eigenvalue weighted by atomic mass is 10.1. The smallest absolute Gasteiger partial charge is 0.159 e. The van der Waals surface area contributed by atoms with Crippen molar-refractivity contribution in [2.24, 2.45) is 0 Å². The lowest BCUT2D eigenvalue weighted by Gasteiger charge is -2.06. The van der Waals surface area contributed by atoms with Crippen molar-refractivity contribution in [2.45, 2.75) is 19.1 Å². The maximum atomic E-state index is 11.2. The van der Waals surface area contributed by atoms with Gasteiger partial charge in [0.25, 0.3) is 0 Å². The molecule has 4 heteroatoms. The average Bonchev–Trinajstić information content (AvgIpc) is 2.30. The molecule has 0 bridgehead atoms. The van der Waals surface area contributed by atoms with Crippen molar-refractivity contribution in [2.75, 3.05) is 19.5 Å². The maximum absolute atomic E-state index is 11.2. The average molecular weight is 254 g/mol. The van der Waals surface area contributed by atoms with Crippen molar-refractivity contribution in [3.05, 3.63) is 29.3 Å². The minimum Gasteiger partial charge on any atom is -0.508 e. The van der Waals surface area contributed by atoms with E-state index in [0.717, 1.165) is 30.1 Å². The molecule has 0 saturated heterocycles. The summed E-state index contributed by atoms with van der Waals surface area (Å²) in [5.41, 5.74) is 1.47. The zero-order valence-electron chi connectivity index (χ0n) is 10.2. The molecule has 1 rings (SSSR count).